The average molecular weight is 345 g/mol. The van der Waals surface area contributed by atoms with Crippen LogP contribution >= 0.6 is 0 Å². The Bertz CT molecular complexity index is 759. The Kier molecular flexibility index (Phi) is 5.21. The lowest BCUT2D eigenvalue weighted by molar-refractivity contribution is 0.415. The molecule has 1 aliphatic rings. The second-order valence-electron chi connectivity index (χ2n) is 6.07. The fraction of sp³-hybridized carbons (Fsp3) is 0.368. The zero-order valence-electron chi connectivity index (χ0n) is 13.9. The Balaban J connectivity index is 1.82. The summed E-state index contributed by atoms with van der Waals surface area (Å²) in [6.07, 6.45) is 4.12. The van der Waals surface area contributed by atoms with Crippen molar-refractivity contribution in [3.63, 3.8) is 0 Å². The van der Waals surface area contributed by atoms with Crippen LogP contribution in [0.25, 0.3) is 11.1 Å². The molecule has 0 unspecified atom stereocenters. The van der Waals surface area contributed by atoms with Crippen molar-refractivity contribution in [3.05, 3.63) is 48.5 Å². The molecule has 1 saturated heterocycles. The molecule has 0 N–H and O–H groups in total. The van der Waals surface area contributed by atoms with E-state index in [2.05, 4.69) is 0 Å². The fourth-order valence-electron chi connectivity index (χ4n) is 3.03. The van der Waals surface area contributed by atoms with E-state index in [0.29, 0.717) is 18.0 Å². The third kappa shape index (κ3) is 3.62. The van der Waals surface area contributed by atoms with Crippen molar-refractivity contribution < 1.29 is 13.2 Å². The summed E-state index contributed by atoms with van der Waals surface area (Å²) in [5.74, 6) is 0.805. The van der Waals surface area contributed by atoms with Gasteiger partial charge in [-0.05, 0) is 48.2 Å². The molecule has 3 rings (SSSR count). The van der Waals surface area contributed by atoms with Gasteiger partial charge in [0.1, 0.15) is 5.75 Å². The van der Waals surface area contributed by atoms with Crippen LogP contribution in [0.4, 0.5) is 0 Å². The zero-order chi connectivity index (χ0) is 17.0. The number of ether oxygens (including phenoxy) is 1. The Morgan fingerprint density at radius 1 is 0.792 bits per heavy atom. The van der Waals surface area contributed by atoms with Crippen LogP contribution in [0.3, 0.4) is 0 Å². The third-order valence-corrected chi connectivity index (χ3v) is 6.39. The number of rotatable bonds is 4. The molecule has 5 heteroatoms. The number of methoxy groups -OCH3 is 1. The Morgan fingerprint density at radius 2 is 1.29 bits per heavy atom. The number of hydrogen-bond donors (Lipinski definition) is 0. The van der Waals surface area contributed by atoms with Crippen LogP contribution in [-0.4, -0.2) is 32.9 Å². The van der Waals surface area contributed by atoms with E-state index in [9.17, 15) is 8.42 Å². The van der Waals surface area contributed by atoms with Gasteiger partial charge in [0.25, 0.3) is 0 Å². The van der Waals surface area contributed by atoms with E-state index < -0.39 is 10.0 Å². The van der Waals surface area contributed by atoms with Gasteiger partial charge in [-0.3, -0.25) is 0 Å². The minimum Gasteiger partial charge on any atom is -0.497 e. The molecule has 2 aromatic rings. The second kappa shape index (κ2) is 7.36. The van der Waals surface area contributed by atoms with E-state index in [1.54, 1.807) is 23.5 Å². The predicted molar refractivity (Wildman–Crippen MR) is 95.7 cm³/mol. The Labute approximate surface area is 144 Å². The maximum atomic E-state index is 12.8. The van der Waals surface area contributed by atoms with Gasteiger partial charge in [0.2, 0.25) is 10.0 Å². The molecule has 0 atom stereocenters. The van der Waals surface area contributed by atoms with Gasteiger partial charge in [0.15, 0.2) is 0 Å². The Hall–Kier alpha value is -1.85. The summed E-state index contributed by atoms with van der Waals surface area (Å²) in [6.45, 7) is 1.26. The molecule has 0 saturated carbocycles. The van der Waals surface area contributed by atoms with Crippen LogP contribution in [0.1, 0.15) is 25.7 Å². The SMILES string of the molecule is COc1ccc(-c2ccc(S(=O)(=O)N3CCCCCC3)cc2)cc1. The van der Waals surface area contributed by atoms with E-state index in [1.807, 2.05) is 36.4 Å². The van der Waals surface area contributed by atoms with Crippen molar-refractivity contribution in [3.8, 4) is 16.9 Å². The first-order valence-corrected chi connectivity index (χ1v) is 9.80. The topological polar surface area (TPSA) is 46.6 Å². The lowest BCUT2D eigenvalue weighted by Gasteiger charge is -2.20. The van der Waals surface area contributed by atoms with E-state index in [-0.39, 0.29) is 0 Å². The minimum absolute atomic E-state index is 0.377. The normalized spacial score (nSPS) is 16.5. The summed E-state index contributed by atoms with van der Waals surface area (Å²) >= 11 is 0. The average Bonchev–Trinajstić information content (AvgIpc) is 2.92. The van der Waals surface area contributed by atoms with Crippen molar-refractivity contribution in [1.29, 1.82) is 0 Å². The lowest BCUT2D eigenvalue weighted by Crippen LogP contribution is -2.31. The van der Waals surface area contributed by atoms with Crippen LogP contribution in [0.15, 0.2) is 53.4 Å². The lowest BCUT2D eigenvalue weighted by atomic mass is 10.1. The van der Waals surface area contributed by atoms with Crippen LogP contribution in [0.5, 0.6) is 5.75 Å². The monoisotopic (exact) mass is 345 g/mol. The van der Waals surface area contributed by atoms with E-state index in [1.165, 1.54) is 0 Å². The van der Waals surface area contributed by atoms with Crippen LogP contribution in [-0.2, 0) is 10.0 Å². The highest BCUT2D eigenvalue weighted by Gasteiger charge is 2.24. The highest BCUT2D eigenvalue weighted by Crippen LogP contribution is 2.25. The highest BCUT2D eigenvalue weighted by atomic mass is 32.2. The number of benzene rings is 2. The maximum Gasteiger partial charge on any atom is 0.243 e. The number of nitrogens with zero attached hydrogens (tertiary/aromatic N) is 1. The largest absolute Gasteiger partial charge is 0.497 e. The predicted octanol–water partition coefficient (Wildman–Crippen LogP) is 3.93. The second-order valence-corrected chi connectivity index (χ2v) is 8.01. The Morgan fingerprint density at radius 3 is 1.79 bits per heavy atom. The molecule has 128 valence electrons. The summed E-state index contributed by atoms with van der Waals surface area (Å²) in [7, 11) is -1.75. The van der Waals surface area contributed by atoms with Crippen molar-refractivity contribution >= 4 is 10.0 Å². The summed E-state index contributed by atoms with van der Waals surface area (Å²) in [4.78, 5) is 0.377. The van der Waals surface area contributed by atoms with Crippen LogP contribution in [0, 0.1) is 0 Å². The fourth-order valence-corrected chi connectivity index (χ4v) is 4.55. The van der Waals surface area contributed by atoms with Gasteiger partial charge in [0.05, 0.1) is 12.0 Å². The first-order chi connectivity index (χ1) is 11.6. The quantitative estimate of drug-likeness (QED) is 0.843. The van der Waals surface area contributed by atoms with Crippen molar-refractivity contribution in [1.82, 2.24) is 4.31 Å². The summed E-state index contributed by atoms with van der Waals surface area (Å²) in [6, 6.07) is 14.9. The van der Waals surface area contributed by atoms with E-state index in [0.717, 1.165) is 42.6 Å². The van der Waals surface area contributed by atoms with Crippen molar-refractivity contribution in [2.45, 2.75) is 30.6 Å². The van der Waals surface area contributed by atoms with Gasteiger partial charge in [0, 0.05) is 13.1 Å². The molecular formula is C19H23NO3S. The molecule has 0 aliphatic carbocycles. The molecule has 24 heavy (non-hydrogen) atoms. The molecule has 2 aromatic carbocycles. The highest BCUT2D eigenvalue weighted by molar-refractivity contribution is 7.89. The van der Waals surface area contributed by atoms with E-state index in [4.69, 9.17) is 4.74 Å². The van der Waals surface area contributed by atoms with Gasteiger partial charge >= 0.3 is 0 Å². The third-order valence-electron chi connectivity index (χ3n) is 4.48. The van der Waals surface area contributed by atoms with Gasteiger partial charge in [-0.15, -0.1) is 0 Å². The van der Waals surface area contributed by atoms with Gasteiger partial charge in [-0.1, -0.05) is 37.1 Å². The standard InChI is InChI=1S/C19H23NO3S/c1-23-18-10-6-16(7-11-18)17-8-12-19(13-9-17)24(21,22)20-14-4-2-3-5-15-20/h6-13H,2-5,14-15H2,1H3. The summed E-state index contributed by atoms with van der Waals surface area (Å²) < 4.78 is 32.4. The molecule has 0 radical (unpaired) electrons. The summed E-state index contributed by atoms with van der Waals surface area (Å²) in [5, 5.41) is 0. The molecular weight excluding hydrogens is 322 g/mol. The minimum atomic E-state index is -3.38. The molecule has 0 aromatic heterocycles. The molecule has 1 heterocycles. The first kappa shape index (κ1) is 17.0. The smallest absolute Gasteiger partial charge is 0.243 e. The van der Waals surface area contributed by atoms with Crippen LogP contribution in [0.2, 0.25) is 0 Å². The molecule has 4 nitrogen and oxygen atoms in total. The molecule has 1 fully saturated rings. The zero-order valence-corrected chi connectivity index (χ0v) is 14.8. The van der Waals surface area contributed by atoms with E-state index >= 15 is 0 Å². The first-order valence-electron chi connectivity index (χ1n) is 8.36. The molecule has 0 bridgehead atoms. The number of sulfonamides is 1. The number of hydrogen-bond acceptors (Lipinski definition) is 3. The van der Waals surface area contributed by atoms with Crippen molar-refractivity contribution in [2.24, 2.45) is 0 Å². The summed E-state index contributed by atoms with van der Waals surface area (Å²) in [5.41, 5.74) is 2.03. The van der Waals surface area contributed by atoms with Crippen molar-refractivity contribution in [2.75, 3.05) is 20.2 Å². The van der Waals surface area contributed by atoms with Gasteiger partial charge in [-0.25, -0.2) is 8.42 Å². The van der Waals surface area contributed by atoms with Crippen LogP contribution < -0.4 is 4.74 Å². The molecule has 0 spiro atoms. The maximum absolute atomic E-state index is 12.8. The van der Waals surface area contributed by atoms with Gasteiger partial charge < -0.3 is 4.74 Å². The van der Waals surface area contributed by atoms with Gasteiger partial charge in [-0.2, -0.15) is 4.31 Å². The molecule has 0 amide bonds. The molecule has 1 aliphatic heterocycles.